The van der Waals surface area contributed by atoms with E-state index in [4.69, 9.17) is 0 Å². The first-order valence-corrected chi connectivity index (χ1v) is 4.94. The van der Waals surface area contributed by atoms with Crippen molar-refractivity contribution in [1.82, 2.24) is 0 Å². The smallest absolute Gasteiger partial charge is 0.0199 e. The standard InChI is InChI=1S/C11H18/c1-8-6-10-4-3-5-11(10)7-9(8)2/h3-4,8-11H,5-7H2,1-2H3/t8-,9?,10-,11+/m1/s1. The van der Waals surface area contributed by atoms with Crippen LogP contribution in [0.15, 0.2) is 12.2 Å². The molecule has 2 rings (SSSR count). The fourth-order valence-electron chi connectivity index (χ4n) is 2.67. The van der Waals surface area contributed by atoms with Crippen LogP contribution >= 0.6 is 0 Å². The predicted octanol–water partition coefficient (Wildman–Crippen LogP) is 3.24. The summed E-state index contributed by atoms with van der Waals surface area (Å²) in [5, 5.41) is 0. The molecular weight excluding hydrogens is 132 g/mol. The van der Waals surface area contributed by atoms with Crippen LogP contribution in [-0.2, 0) is 0 Å². The van der Waals surface area contributed by atoms with Crippen molar-refractivity contribution in [3.63, 3.8) is 0 Å². The van der Waals surface area contributed by atoms with Crippen molar-refractivity contribution in [2.24, 2.45) is 23.7 Å². The van der Waals surface area contributed by atoms with E-state index in [1.807, 2.05) is 0 Å². The Morgan fingerprint density at radius 2 is 1.82 bits per heavy atom. The molecule has 0 radical (unpaired) electrons. The highest BCUT2D eigenvalue weighted by Gasteiger charge is 2.32. The molecule has 0 aromatic heterocycles. The van der Waals surface area contributed by atoms with Gasteiger partial charge in [0.1, 0.15) is 0 Å². The normalized spacial score (nSPS) is 49.3. The van der Waals surface area contributed by atoms with Gasteiger partial charge < -0.3 is 0 Å². The number of fused-ring (bicyclic) bond motifs is 1. The molecule has 0 heterocycles. The van der Waals surface area contributed by atoms with Gasteiger partial charge in [-0.05, 0) is 42.9 Å². The second-order valence-corrected chi connectivity index (χ2v) is 4.51. The minimum atomic E-state index is 0.946. The van der Waals surface area contributed by atoms with Crippen LogP contribution in [-0.4, -0.2) is 0 Å². The summed E-state index contributed by atoms with van der Waals surface area (Å²) < 4.78 is 0. The van der Waals surface area contributed by atoms with Gasteiger partial charge in [-0.2, -0.15) is 0 Å². The van der Waals surface area contributed by atoms with E-state index in [1.165, 1.54) is 19.3 Å². The molecule has 2 aliphatic rings. The van der Waals surface area contributed by atoms with Crippen LogP contribution in [0.3, 0.4) is 0 Å². The summed E-state index contributed by atoms with van der Waals surface area (Å²) in [6.07, 6.45) is 9.12. The Hall–Kier alpha value is -0.260. The van der Waals surface area contributed by atoms with Crippen molar-refractivity contribution < 1.29 is 0 Å². The van der Waals surface area contributed by atoms with Gasteiger partial charge in [-0.25, -0.2) is 0 Å². The molecule has 2 aliphatic carbocycles. The van der Waals surface area contributed by atoms with Gasteiger partial charge in [0, 0.05) is 0 Å². The van der Waals surface area contributed by atoms with Crippen LogP contribution in [0.5, 0.6) is 0 Å². The number of hydrogen-bond donors (Lipinski definition) is 0. The van der Waals surface area contributed by atoms with Crippen LogP contribution < -0.4 is 0 Å². The summed E-state index contributed by atoms with van der Waals surface area (Å²) in [6.45, 7) is 4.83. The van der Waals surface area contributed by atoms with E-state index in [9.17, 15) is 0 Å². The van der Waals surface area contributed by atoms with E-state index >= 15 is 0 Å². The van der Waals surface area contributed by atoms with Crippen molar-refractivity contribution in [3.05, 3.63) is 12.2 Å². The second kappa shape index (κ2) is 2.66. The molecular formula is C11H18. The van der Waals surface area contributed by atoms with Gasteiger partial charge >= 0.3 is 0 Å². The van der Waals surface area contributed by atoms with Crippen molar-refractivity contribution in [3.8, 4) is 0 Å². The third-order valence-electron chi connectivity index (χ3n) is 3.72. The van der Waals surface area contributed by atoms with Gasteiger partial charge in [0.15, 0.2) is 0 Å². The first kappa shape index (κ1) is 7.39. The fourth-order valence-corrected chi connectivity index (χ4v) is 2.67. The van der Waals surface area contributed by atoms with Gasteiger partial charge in [0.2, 0.25) is 0 Å². The SMILES string of the molecule is CC1C[C@@H]2CC=C[C@@H]2C[C@H]1C. The Labute approximate surface area is 69.7 Å². The summed E-state index contributed by atoms with van der Waals surface area (Å²) in [7, 11) is 0. The van der Waals surface area contributed by atoms with Gasteiger partial charge in [-0.15, -0.1) is 0 Å². The van der Waals surface area contributed by atoms with Crippen molar-refractivity contribution in [2.75, 3.05) is 0 Å². The maximum atomic E-state index is 2.45. The zero-order valence-corrected chi connectivity index (χ0v) is 7.59. The van der Waals surface area contributed by atoms with Crippen LogP contribution in [0.25, 0.3) is 0 Å². The second-order valence-electron chi connectivity index (χ2n) is 4.51. The molecule has 11 heavy (non-hydrogen) atoms. The lowest BCUT2D eigenvalue weighted by Gasteiger charge is -2.34. The van der Waals surface area contributed by atoms with Crippen LogP contribution in [0, 0.1) is 23.7 Å². The van der Waals surface area contributed by atoms with E-state index in [0.717, 1.165) is 23.7 Å². The van der Waals surface area contributed by atoms with Crippen molar-refractivity contribution in [2.45, 2.75) is 33.1 Å². The molecule has 4 atom stereocenters. The van der Waals surface area contributed by atoms with Crippen LogP contribution in [0.4, 0.5) is 0 Å². The van der Waals surface area contributed by atoms with E-state index in [2.05, 4.69) is 26.0 Å². The minimum Gasteiger partial charge on any atom is -0.0880 e. The molecule has 0 amide bonds. The van der Waals surface area contributed by atoms with Gasteiger partial charge in [0.25, 0.3) is 0 Å². The summed E-state index contributed by atoms with van der Waals surface area (Å²) in [5.41, 5.74) is 0. The first-order valence-electron chi connectivity index (χ1n) is 4.94. The maximum absolute atomic E-state index is 2.45. The zero-order valence-electron chi connectivity index (χ0n) is 7.59. The molecule has 0 saturated heterocycles. The summed E-state index contributed by atoms with van der Waals surface area (Å²) >= 11 is 0. The van der Waals surface area contributed by atoms with Gasteiger partial charge in [-0.1, -0.05) is 26.0 Å². The largest absolute Gasteiger partial charge is 0.0880 e. The Morgan fingerprint density at radius 1 is 1.09 bits per heavy atom. The zero-order chi connectivity index (χ0) is 7.84. The van der Waals surface area contributed by atoms with E-state index in [-0.39, 0.29) is 0 Å². The Balaban J connectivity index is 2.04. The maximum Gasteiger partial charge on any atom is -0.0199 e. The topological polar surface area (TPSA) is 0 Å². The molecule has 62 valence electrons. The average Bonchev–Trinajstić information content (AvgIpc) is 2.36. The third kappa shape index (κ3) is 1.23. The average molecular weight is 150 g/mol. The summed E-state index contributed by atoms with van der Waals surface area (Å²) in [5.74, 6) is 3.89. The molecule has 0 heteroatoms. The molecule has 0 nitrogen and oxygen atoms in total. The monoisotopic (exact) mass is 150 g/mol. The van der Waals surface area contributed by atoms with Gasteiger partial charge in [-0.3, -0.25) is 0 Å². The molecule has 0 N–H and O–H groups in total. The molecule has 0 aliphatic heterocycles. The highest BCUT2D eigenvalue weighted by molar-refractivity contribution is 5.04. The molecule has 0 bridgehead atoms. The Kier molecular flexibility index (Phi) is 1.78. The molecule has 1 unspecified atom stereocenters. The number of rotatable bonds is 0. The highest BCUT2D eigenvalue weighted by Crippen LogP contribution is 2.42. The van der Waals surface area contributed by atoms with E-state index in [0.29, 0.717) is 0 Å². The lowest BCUT2D eigenvalue weighted by molar-refractivity contribution is 0.173. The lowest BCUT2D eigenvalue weighted by Crippen LogP contribution is -2.25. The minimum absolute atomic E-state index is 0.946. The fraction of sp³-hybridized carbons (Fsp3) is 0.818. The first-order chi connectivity index (χ1) is 5.27. The number of allylic oxidation sites excluding steroid dienone is 2. The predicted molar refractivity (Wildman–Crippen MR) is 48.3 cm³/mol. The summed E-state index contributed by atoms with van der Waals surface area (Å²) in [6, 6.07) is 0. The third-order valence-corrected chi connectivity index (χ3v) is 3.72. The van der Waals surface area contributed by atoms with E-state index in [1.54, 1.807) is 0 Å². The van der Waals surface area contributed by atoms with Crippen LogP contribution in [0.2, 0.25) is 0 Å². The molecule has 1 saturated carbocycles. The quantitative estimate of drug-likeness (QED) is 0.465. The van der Waals surface area contributed by atoms with Crippen LogP contribution in [0.1, 0.15) is 33.1 Å². The van der Waals surface area contributed by atoms with Gasteiger partial charge in [0.05, 0.1) is 0 Å². The summed E-state index contributed by atoms with van der Waals surface area (Å²) in [4.78, 5) is 0. The van der Waals surface area contributed by atoms with E-state index < -0.39 is 0 Å². The number of hydrogen-bond acceptors (Lipinski definition) is 0. The molecule has 0 aromatic rings. The lowest BCUT2D eigenvalue weighted by atomic mass is 9.71. The Bertz CT molecular complexity index is 169. The highest BCUT2D eigenvalue weighted by atomic mass is 14.4. The Morgan fingerprint density at radius 3 is 2.64 bits per heavy atom. The van der Waals surface area contributed by atoms with Crippen molar-refractivity contribution in [1.29, 1.82) is 0 Å². The molecule has 0 spiro atoms. The molecule has 0 aromatic carbocycles. The molecule has 1 fully saturated rings. The van der Waals surface area contributed by atoms with Crippen molar-refractivity contribution >= 4 is 0 Å².